The summed E-state index contributed by atoms with van der Waals surface area (Å²) in [6, 6.07) is 10.7. The van der Waals surface area contributed by atoms with Crippen molar-refractivity contribution in [2.45, 2.75) is 51.0 Å². The van der Waals surface area contributed by atoms with Crippen molar-refractivity contribution in [3.63, 3.8) is 0 Å². The van der Waals surface area contributed by atoms with Crippen molar-refractivity contribution in [1.29, 1.82) is 0 Å². The standard InChI is InChI=1S/C17H27NO/c1-15(16-8-4-2-5-9-16)14-18-12-13-19-17-10-6-3-7-11-17/h2,4-5,8-9,15,17-18H,3,6-7,10-14H2,1H3. The Labute approximate surface area is 117 Å². The first-order valence-corrected chi connectivity index (χ1v) is 7.73. The largest absolute Gasteiger partial charge is 0.377 e. The molecule has 2 heteroatoms. The summed E-state index contributed by atoms with van der Waals surface area (Å²) in [5, 5.41) is 3.50. The molecule has 0 radical (unpaired) electrons. The van der Waals surface area contributed by atoms with E-state index in [2.05, 4.69) is 42.6 Å². The molecule has 19 heavy (non-hydrogen) atoms. The van der Waals surface area contributed by atoms with Crippen molar-refractivity contribution >= 4 is 0 Å². The van der Waals surface area contributed by atoms with Gasteiger partial charge in [0.05, 0.1) is 12.7 Å². The summed E-state index contributed by atoms with van der Waals surface area (Å²) in [7, 11) is 0. The van der Waals surface area contributed by atoms with E-state index in [0.717, 1.165) is 19.7 Å². The summed E-state index contributed by atoms with van der Waals surface area (Å²) in [5.74, 6) is 0.566. The molecule has 0 aliphatic heterocycles. The molecule has 2 nitrogen and oxygen atoms in total. The zero-order chi connectivity index (χ0) is 13.3. The lowest BCUT2D eigenvalue weighted by molar-refractivity contribution is 0.0303. The Morgan fingerprint density at radius 1 is 1.16 bits per heavy atom. The molecule has 0 amide bonds. The van der Waals surface area contributed by atoms with E-state index >= 15 is 0 Å². The van der Waals surface area contributed by atoms with Crippen LogP contribution in [0, 0.1) is 0 Å². The monoisotopic (exact) mass is 261 g/mol. The summed E-state index contributed by atoms with van der Waals surface area (Å²) < 4.78 is 5.91. The van der Waals surface area contributed by atoms with Gasteiger partial charge in [-0.2, -0.15) is 0 Å². The van der Waals surface area contributed by atoms with E-state index in [1.807, 2.05) is 0 Å². The zero-order valence-electron chi connectivity index (χ0n) is 12.1. The third-order valence-corrected chi connectivity index (χ3v) is 4.00. The van der Waals surface area contributed by atoms with E-state index in [1.165, 1.54) is 37.7 Å². The predicted octanol–water partition coefficient (Wildman–Crippen LogP) is 3.73. The molecule has 1 unspecified atom stereocenters. The molecule has 1 atom stereocenters. The molecular formula is C17H27NO. The van der Waals surface area contributed by atoms with Crippen LogP contribution in [0.5, 0.6) is 0 Å². The lowest BCUT2D eigenvalue weighted by Gasteiger charge is -2.22. The minimum atomic E-state index is 0.530. The smallest absolute Gasteiger partial charge is 0.0594 e. The minimum absolute atomic E-state index is 0.530. The average Bonchev–Trinajstić information content (AvgIpc) is 2.49. The van der Waals surface area contributed by atoms with Gasteiger partial charge >= 0.3 is 0 Å². The molecule has 0 heterocycles. The van der Waals surface area contributed by atoms with Crippen molar-refractivity contribution in [2.75, 3.05) is 19.7 Å². The predicted molar refractivity (Wildman–Crippen MR) is 80.6 cm³/mol. The number of ether oxygens (including phenoxy) is 1. The highest BCUT2D eigenvalue weighted by Gasteiger charge is 2.13. The van der Waals surface area contributed by atoms with Gasteiger partial charge in [0.1, 0.15) is 0 Å². The molecule has 1 aliphatic carbocycles. The van der Waals surface area contributed by atoms with E-state index in [1.54, 1.807) is 0 Å². The van der Waals surface area contributed by atoms with Crippen LogP contribution in [0.3, 0.4) is 0 Å². The van der Waals surface area contributed by atoms with Gasteiger partial charge in [0.15, 0.2) is 0 Å². The Morgan fingerprint density at radius 2 is 1.89 bits per heavy atom. The van der Waals surface area contributed by atoms with Gasteiger partial charge in [-0.3, -0.25) is 0 Å². The fraction of sp³-hybridized carbons (Fsp3) is 0.647. The Balaban J connectivity index is 1.54. The van der Waals surface area contributed by atoms with Crippen LogP contribution in [0.4, 0.5) is 0 Å². The maximum absolute atomic E-state index is 5.91. The third kappa shape index (κ3) is 5.33. The van der Waals surface area contributed by atoms with E-state index in [4.69, 9.17) is 4.74 Å². The second-order valence-corrected chi connectivity index (χ2v) is 5.65. The quantitative estimate of drug-likeness (QED) is 0.755. The summed E-state index contributed by atoms with van der Waals surface area (Å²) in [6.45, 7) is 5.11. The molecule has 0 bridgehead atoms. The molecule has 1 N–H and O–H groups in total. The first-order chi connectivity index (χ1) is 9.36. The first kappa shape index (κ1) is 14.5. The second-order valence-electron chi connectivity index (χ2n) is 5.65. The van der Waals surface area contributed by atoms with Gasteiger partial charge in [-0.05, 0) is 24.3 Å². The fourth-order valence-corrected chi connectivity index (χ4v) is 2.75. The number of nitrogens with one attached hydrogen (secondary N) is 1. The minimum Gasteiger partial charge on any atom is -0.377 e. The Morgan fingerprint density at radius 3 is 2.63 bits per heavy atom. The molecule has 106 valence electrons. The second kappa shape index (κ2) is 8.34. The highest BCUT2D eigenvalue weighted by atomic mass is 16.5. The first-order valence-electron chi connectivity index (χ1n) is 7.73. The van der Waals surface area contributed by atoms with E-state index < -0.39 is 0 Å². The van der Waals surface area contributed by atoms with Crippen molar-refractivity contribution in [1.82, 2.24) is 5.32 Å². The van der Waals surface area contributed by atoms with Gasteiger partial charge in [0.25, 0.3) is 0 Å². The van der Waals surface area contributed by atoms with Crippen LogP contribution in [0.25, 0.3) is 0 Å². The molecule has 1 aliphatic rings. The Hall–Kier alpha value is -0.860. The molecule has 1 aromatic rings. The summed E-state index contributed by atoms with van der Waals surface area (Å²) >= 11 is 0. The van der Waals surface area contributed by atoms with Gasteiger partial charge in [-0.1, -0.05) is 56.5 Å². The molecule has 0 saturated heterocycles. The van der Waals surface area contributed by atoms with Crippen molar-refractivity contribution < 1.29 is 4.74 Å². The molecule has 0 spiro atoms. The van der Waals surface area contributed by atoms with Crippen LogP contribution in [0.15, 0.2) is 30.3 Å². The molecule has 1 aromatic carbocycles. The summed E-state index contributed by atoms with van der Waals surface area (Å²) in [6.07, 6.45) is 7.15. The van der Waals surface area contributed by atoms with Crippen molar-refractivity contribution in [3.05, 3.63) is 35.9 Å². The van der Waals surface area contributed by atoms with Crippen LogP contribution in [0.2, 0.25) is 0 Å². The summed E-state index contributed by atoms with van der Waals surface area (Å²) in [5.41, 5.74) is 1.41. The lowest BCUT2D eigenvalue weighted by atomic mass is 9.98. The lowest BCUT2D eigenvalue weighted by Crippen LogP contribution is -2.27. The average molecular weight is 261 g/mol. The van der Waals surface area contributed by atoms with Crippen LogP contribution in [-0.2, 0) is 4.74 Å². The van der Waals surface area contributed by atoms with E-state index in [-0.39, 0.29) is 0 Å². The maximum atomic E-state index is 5.91. The maximum Gasteiger partial charge on any atom is 0.0594 e. The highest BCUT2D eigenvalue weighted by molar-refractivity contribution is 5.18. The Kier molecular flexibility index (Phi) is 6.38. The topological polar surface area (TPSA) is 21.3 Å². The number of benzene rings is 1. The van der Waals surface area contributed by atoms with Crippen LogP contribution >= 0.6 is 0 Å². The third-order valence-electron chi connectivity index (χ3n) is 4.00. The normalized spacial score (nSPS) is 18.4. The van der Waals surface area contributed by atoms with Gasteiger partial charge in [-0.15, -0.1) is 0 Å². The molecule has 0 aromatic heterocycles. The van der Waals surface area contributed by atoms with Gasteiger partial charge in [0, 0.05) is 13.1 Å². The number of hydrogen-bond donors (Lipinski definition) is 1. The van der Waals surface area contributed by atoms with Crippen LogP contribution in [-0.4, -0.2) is 25.8 Å². The number of rotatable bonds is 7. The van der Waals surface area contributed by atoms with Gasteiger partial charge in [0.2, 0.25) is 0 Å². The molecule has 2 rings (SSSR count). The zero-order valence-corrected chi connectivity index (χ0v) is 12.1. The van der Waals surface area contributed by atoms with Crippen molar-refractivity contribution in [3.8, 4) is 0 Å². The SMILES string of the molecule is CC(CNCCOC1CCCCC1)c1ccccc1. The molecule has 1 fully saturated rings. The molecule has 1 saturated carbocycles. The highest BCUT2D eigenvalue weighted by Crippen LogP contribution is 2.19. The molecular weight excluding hydrogens is 234 g/mol. The van der Waals surface area contributed by atoms with E-state index in [0.29, 0.717) is 12.0 Å². The fourth-order valence-electron chi connectivity index (χ4n) is 2.75. The number of hydrogen-bond acceptors (Lipinski definition) is 2. The van der Waals surface area contributed by atoms with Gasteiger partial charge < -0.3 is 10.1 Å². The van der Waals surface area contributed by atoms with Crippen LogP contribution < -0.4 is 5.32 Å². The van der Waals surface area contributed by atoms with E-state index in [9.17, 15) is 0 Å². The Bertz CT molecular complexity index is 332. The van der Waals surface area contributed by atoms with Crippen molar-refractivity contribution in [2.24, 2.45) is 0 Å². The van der Waals surface area contributed by atoms with Gasteiger partial charge in [-0.25, -0.2) is 0 Å². The summed E-state index contributed by atoms with van der Waals surface area (Å²) in [4.78, 5) is 0. The van der Waals surface area contributed by atoms with Crippen LogP contribution in [0.1, 0.15) is 50.5 Å².